The SMILES string of the molecule is COCCOc1ccc(S(=O)(=O)Nc2ccccc2CN(C)C2CCCCC2)cc1. The lowest BCUT2D eigenvalue weighted by Gasteiger charge is -2.31. The van der Waals surface area contributed by atoms with Crippen LogP contribution in [-0.4, -0.2) is 46.7 Å². The van der Waals surface area contributed by atoms with E-state index in [1.807, 2.05) is 24.3 Å². The first-order valence-corrected chi connectivity index (χ1v) is 12.0. The van der Waals surface area contributed by atoms with Crippen molar-refractivity contribution in [1.82, 2.24) is 4.90 Å². The highest BCUT2D eigenvalue weighted by molar-refractivity contribution is 7.92. The van der Waals surface area contributed by atoms with E-state index < -0.39 is 10.0 Å². The van der Waals surface area contributed by atoms with Gasteiger partial charge in [-0.3, -0.25) is 9.62 Å². The summed E-state index contributed by atoms with van der Waals surface area (Å²) in [7, 11) is 0.0480. The number of rotatable bonds is 10. The van der Waals surface area contributed by atoms with E-state index in [4.69, 9.17) is 9.47 Å². The Morgan fingerprint density at radius 3 is 2.40 bits per heavy atom. The number of nitrogens with zero attached hydrogens (tertiary/aromatic N) is 1. The Hall–Kier alpha value is -2.09. The van der Waals surface area contributed by atoms with Crippen LogP contribution in [-0.2, 0) is 21.3 Å². The number of nitrogens with one attached hydrogen (secondary N) is 1. The molecule has 1 saturated carbocycles. The Bertz CT molecular complexity index is 894. The molecule has 0 radical (unpaired) electrons. The molecule has 6 nitrogen and oxygen atoms in total. The summed E-state index contributed by atoms with van der Waals surface area (Å²) < 4.78 is 39.1. The van der Waals surface area contributed by atoms with Crippen LogP contribution >= 0.6 is 0 Å². The van der Waals surface area contributed by atoms with Gasteiger partial charge in [-0.2, -0.15) is 0 Å². The summed E-state index contributed by atoms with van der Waals surface area (Å²) in [5.41, 5.74) is 1.61. The normalized spacial score (nSPS) is 15.3. The van der Waals surface area contributed by atoms with Crippen molar-refractivity contribution in [2.24, 2.45) is 0 Å². The third kappa shape index (κ3) is 6.20. The largest absolute Gasteiger partial charge is 0.491 e. The highest BCUT2D eigenvalue weighted by atomic mass is 32.2. The second-order valence-electron chi connectivity index (χ2n) is 7.78. The van der Waals surface area contributed by atoms with Crippen molar-refractivity contribution in [2.75, 3.05) is 32.1 Å². The lowest BCUT2D eigenvalue weighted by atomic mass is 9.94. The lowest BCUT2D eigenvalue weighted by molar-refractivity contribution is 0.146. The van der Waals surface area contributed by atoms with E-state index in [0.29, 0.717) is 30.7 Å². The van der Waals surface area contributed by atoms with Crippen LogP contribution < -0.4 is 9.46 Å². The maximum absolute atomic E-state index is 12.9. The zero-order chi connectivity index (χ0) is 21.4. The molecule has 0 saturated heterocycles. The lowest BCUT2D eigenvalue weighted by Crippen LogP contribution is -2.33. The van der Waals surface area contributed by atoms with Gasteiger partial charge in [-0.1, -0.05) is 37.5 Å². The molecule has 0 atom stereocenters. The maximum atomic E-state index is 12.9. The molecule has 0 aromatic heterocycles. The Balaban J connectivity index is 1.69. The van der Waals surface area contributed by atoms with E-state index in [9.17, 15) is 8.42 Å². The number of methoxy groups -OCH3 is 1. The highest BCUT2D eigenvalue weighted by Crippen LogP contribution is 2.26. The fourth-order valence-electron chi connectivity index (χ4n) is 3.84. The third-order valence-corrected chi connectivity index (χ3v) is 6.95. The van der Waals surface area contributed by atoms with Gasteiger partial charge in [0.1, 0.15) is 12.4 Å². The van der Waals surface area contributed by atoms with Crippen molar-refractivity contribution in [1.29, 1.82) is 0 Å². The molecule has 1 N–H and O–H groups in total. The molecule has 30 heavy (non-hydrogen) atoms. The number of ether oxygens (including phenoxy) is 2. The minimum absolute atomic E-state index is 0.206. The molecule has 1 fully saturated rings. The molecule has 1 aliphatic carbocycles. The molecule has 0 unspecified atom stereocenters. The van der Waals surface area contributed by atoms with Gasteiger partial charge in [0.25, 0.3) is 10.0 Å². The summed E-state index contributed by atoms with van der Waals surface area (Å²) in [6.07, 6.45) is 6.28. The van der Waals surface area contributed by atoms with Gasteiger partial charge in [-0.05, 0) is 55.8 Å². The number of para-hydroxylation sites is 1. The van der Waals surface area contributed by atoms with E-state index in [2.05, 4.69) is 16.7 Å². The first-order valence-electron chi connectivity index (χ1n) is 10.5. The van der Waals surface area contributed by atoms with E-state index >= 15 is 0 Å². The van der Waals surface area contributed by atoms with Crippen LogP contribution in [0.4, 0.5) is 5.69 Å². The summed E-state index contributed by atoms with van der Waals surface area (Å²) in [5.74, 6) is 0.612. The minimum Gasteiger partial charge on any atom is -0.491 e. The predicted molar refractivity (Wildman–Crippen MR) is 119 cm³/mol. The quantitative estimate of drug-likeness (QED) is 0.568. The zero-order valence-electron chi connectivity index (χ0n) is 17.8. The van der Waals surface area contributed by atoms with E-state index in [1.54, 1.807) is 31.4 Å². The van der Waals surface area contributed by atoms with Crippen LogP contribution in [0.1, 0.15) is 37.7 Å². The molecule has 0 spiro atoms. The molecule has 0 heterocycles. The van der Waals surface area contributed by atoms with Crippen LogP contribution in [0, 0.1) is 0 Å². The van der Waals surface area contributed by atoms with E-state index in [-0.39, 0.29) is 4.90 Å². The van der Waals surface area contributed by atoms with Gasteiger partial charge in [0.05, 0.1) is 17.2 Å². The summed E-state index contributed by atoms with van der Waals surface area (Å²) in [4.78, 5) is 2.55. The van der Waals surface area contributed by atoms with Crippen LogP contribution in [0.15, 0.2) is 53.4 Å². The summed E-state index contributed by atoms with van der Waals surface area (Å²) in [6.45, 7) is 1.62. The van der Waals surface area contributed by atoms with Crippen molar-refractivity contribution in [3.8, 4) is 5.75 Å². The van der Waals surface area contributed by atoms with Gasteiger partial charge in [0, 0.05) is 19.7 Å². The monoisotopic (exact) mass is 432 g/mol. The molecule has 0 aliphatic heterocycles. The molecule has 3 rings (SSSR count). The van der Waals surface area contributed by atoms with Crippen LogP contribution in [0.25, 0.3) is 0 Å². The fourth-order valence-corrected chi connectivity index (χ4v) is 4.94. The molecule has 0 amide bonds. The number of sulfonamides is 1. The van der Waals surface area contributed by atoms with Gasteiger partial charge in [-0.25, -0.2) is 8.42 Å². The topological polar surface area (TPSA) is 67.9 Å². The number of anilines is 1. The van der Waals surface area contributed by atoms with Crippen molar-refractivity contribution < 1.29 is 17.9 Å². The first-order chi connectivity index (χ1) is 14.5. The van der Waals surface area contributed by atoms with Crippen molar-refractivity contribution in [3.05, 3.63) is 54.1 Å². The Morgan fingerprint density at radius 2 is 1.70 bits per heavy atom. The number of hydrogen-bond donors (Lipinski definition) is 1. The van der Waals surface area contributed by atoms with Gasteiger partial charge >= 0.3 is 0 Å². The smallest absolute Gasteiger partial charge is 0.261 e. The third-order valence-electron chi connectivity index (χ3n) is 5.57. The van der Waals surface area contributed by atoms with Crippen LogP contribution in [0.5, 0.6) is 5.75 Å². The van der Waals surface area contributed by atoms with Crippen molar-refractivity contribution in [2.45, 2.75) is 49.6 Å². The van der Waals surface area contributed by atoms with Crippen molar-refractivity contribution >= 4 is 15.7 Å². The molecule has 2 aromatic carbocycles. The minimum atomic E-state index is -3.69. The average molecular weight is 433 g/mol. The van der Waals surface area contributed by atoms with E-state index in [0.717, 1.165) is 12.1 Å². The summed E-state index contributed by atoms with van der Waals surface area (Å²) in [6, 6.07) is 14.6. The molecular formula is C23H32N2O4S. The molecule has 0 bridgehead atoms. The number of benzene rings is 2. The zero-order valence-corrected chi connectivity index (χ0v) is 18.7. The summed E-state index contributed by atoms with van der Waals surface area (Å²) >= 11 is 0. The molecule has 2 aromatic rings. The fraction of sp³-hybridized carbons (Fsp3) is 0.478. The maximum Gasteiger partial charge on any atom is 0.261 e. The van der Waals surface area contributed by atoms with Crippen LogP contribution in [0.3, 0.4) is 0 Å². The van der Waals surface area contributed by atoms with Gasteiger partial charge in [0.15, 0.2) is 0 Å². The van der Waals surface area contributed by atoms with E-state index in [1.165, 1.54) is 32.1 Å². The van der Waals surface area contributed by atoms with Gasteiger partial charge in [-0.15, -0.1) is 0 Å². The highest BCUT2D eigenvalue weighted by Gasteiger charge is 2.20. The Kier molecular flexibility index (Phi) is 8.13. The predicted octanol–water partition coefficient (Wildman–Crippen LogP) is 4.28. The Labute approximate surface area is 180 Å². The standard InChI is InChI=1S/C23H32N2O4S/c1-25(20-9-4-3-5-10-20)18-19-8-6-7-11-23(19)24-30(26,27)22-14-12-21(13-15-22)29-17-16-28-2/h6-8,11-15,20,24H,3-5,9-10,16-18H2,1-2H3. The van der Waals surface area contributed by atoms with Crippen LogP contribution in [0.2, 0.25) is 0 Å². The van der Waals surface area contributed by atoms with Gasteiger partial charge < -0.3 is 9.47 Å². The second-order valence-corrected chi connectivity index (χ2v) is 9.46. The molecular weight excluding hydrogens is 400 g/mol. The summed E-state index contributed by atoms with van der Waals surface area (Å²) in [5, 5.41) is 0. The molecule has 164 valence electrons. The molecule has 7 heteroatoms. The molecule has 1 aliphatic rings. The number of hydrogen-bond acceptors (Lipinski definition) is 5. The average Bonchev–Trinajstić information content (AvgIpc) is 2.76. The van der Waals surface area contributed by atoms with Crippen molar-refractivity contribution in [3.63, 3.8) is 0 Å². The Morgan fingerprint density at radius 1 is 1.00 bits per heavy atom. The second kappa shape index (κ2) is 10.8. The first kappa shape index (κ1) is 22.6. The van der Waals surface area contributed by atoms with Gasteiger partial charge in [0.2, 0.25) is 0 Å².